The summed E-state index contributed by atoms with van der Waals surface area (Å²) in [6, 6.07) is 6.82. The monoisotopic (exact) mass is 281 g/mol. The van der Waals surface area contributed by atoms with Crippen LogP contribution in [0, 0.1) is 0 Å². The second kappa shape index (κ2) is 7.06. The molecule has 0 aliphatic carbocycles. The lowest BCUT2D eigenvalue weighted by molar-refractivity contribution is 0.354. The largest absolute Gasteiger partial charge is 0.493 e. The van der Waals surface area contributed by atoms with Gasteiger partial charge in [-0.3, -0.25) is 0 Å². The number of benzene rings is 1. The van der Waals surface area contributed by atoms with E-state index >= 15 is 0 Å². The van der Waals surface area contributed by atoms with Crippen molar-refractivity contribution in [2.75, 3.05) is 26.5 Å². The van der Waals surface area contributed by atoms with Crippen LogP contribution in [0.25, 0.3) is 0 Å². The SMILES string of the molecule is COc1ccc(CCNC2CCSC2C)cc1OC. The first-order valence-corrected chi connectivity index (χ1v) is 7.85. The molecule has 0 spiro atoms. The average Bonchev–Trinajstić information content (AvgIpc) is 2.84. The maximum Gasteiger partial charge on any atom is 0.160 e. The van der Waals surface area contributed by atoms with Crippen molar-refractivity contribution < 1.29 is 9.47 Å². The van der Waals surface area contributed by atoms with Gasteiger partial charge in [-0.15, -0.1) is 0 Å². The van der Waals surface area contributed by atoms with Crippen molar-refractivity contribution in [1.82, 2.24) is 5.32 Å². The Morgan fingerprint density at radius 1 is 1.26 bits per heavy atom. The number of rotatable bonds is 6. The molecule has 0 radical (unpaired) electrons. The van der Waals surface area contributed by atoms with Gasteiger partial charge >= 0.3 is 0 Å². The summed E-state index contributed by atoms with van der Waals surface area (Å²) in [7, 11) is 3.34. The molecule has 0 saturated carbocycles. The van der Waals surface area contributed by atoms with Gasteiger partial charge < -0.3 is 14.8 Å². The van der Waals surface area contributed by atoms with E-state index in [1.54, 1.807) is 14.2 Å². The van der Waals surface area contributed by atoms with Gasteiger partial charge in [0.2, 0.25) is 0 Å². The number of nitrogens with one attached hydrogen (secondary N) is 1. The molecule has 1 saturated heterocycles. The van der Waals surface area contributed by atoms with Crippen LogP contribution in [-0.4, -0.2) is 37.8 Å². The molecular weight excluding hydrogens is 258 g/mol. The van der Waals surface area contributed by atoms with Crippen molar-refractivity contribution in [3.63, 3.8) is 0 Å². The molecule has 0 aromatic heterocycles. The maximum absolute atomic E-state index is 5.32. The standard InChI is InChI=1S/C15H23NO2S/c1-11-13(7-9-19-11)16-8-6-12-4-5-14(17-2)15(10-12)18-3/h4-5,10-11,13,16H,6-9H2,1-3H3. The summed E-state index contributed by atoms with van der Waals surface area (Å²) in [4.78, 5) is 0. The van der Waals surface area contributed by atoms with Crippen molar-refractivity contribution in [2.24, 2.45) is 0 Å². The predicted octanol–water partition coefficient (Wildman–Crippen LogP) is 2.73. The Morgan fingerprint density at radius 2 is 2.05 bits per heavy atom. The average molecular weight is 281 g/mol. The Bertz CT molecular complexity index is 411. The van der Waals surface area contributed by atoms with Crippen molar-refractivity contribution in [3.05, 3.63) is 23.8 Å². The topological polar surface area (TPSA) is 30.5 Å². The third-order valence-corrected chi connectivity index (χ3v) is 4.97. The van der Waals surface area contributed by atoms with Gasteiger partial charge in [0.15, 0.2) is 11.5 Å². The molecule has 2 unspecified atom stereocenters. The second-order valence-electron chi connectivity index (χ2n) is 4.86. The van der Waals surface area contributed by atoms with Gasteiger partial charge in [-0.05, 0) is 42.8 Å². The fourth-order valence-electron chi connectivity index (χ4n) is 2.44. The van der Waals surface area contributed by atoms with Gasteiger partial charge in [0, 0.05) is 11.3 Å². The van der Waals surface area contributed by atoms with Gasteiger partial charge in [0.25, 0.3) is 0 Å². The van der Waals surface area contributed by atoms with E-state index in [4.69, 9.17) is 9.47 Å². The van der Waals surface area contributed by atoms with Crippen LogP contribution in [0.5, 0.6) is 11.5 Å². The molecule has 1 aliphatic heterocycles. The van der Waals surface area contributed by atoms with Crippen molar-refractivity contribution in [1.29, 1.82) is 0 Å². The Hall–Kier alpha value is -0.870. The van der Waals surface area contributed by atoms with E-state index in [1.165, 1.54) is 17.7 Å². The third kappa shape index (κ3) is 3.80. The second-order valence-corrected chi connectivity index (χ2v) is 6.35. The molecule has 0 bridgehead atoms. The smallest absolute Gasteiger partial charge is 0.160 e. The first kappa shape index (κ1) is 14.5. The van der Waals surface area contributed by atoms with Gasteiger partial charge in [-0.2, -0.15) is 11.8 Å². The highest BCUT2D eigenvalue weighted by molar-refractivity contribution is 8.00. The normalized spacial score (nSPS) is 22.5. The molecule has 2 rings (SSSR count). The molecular formula is C15H23NO2S. The number of methoxy groups -OCH3 is 2. The fraction of sp³-hybridized carbons (Fsp3) is 0.600. The predicted molar refractivity (Wildman–Crippen MR) is 81.6 cm³/mol. The van der Waals surface area contributed by atoms with Crippen LogP contribution in [0.15, 0.2) is 18.2 Å². The first-order chi connectivity index (χ1) is 9.24. The molecule has 106 valence electrons. The highest BCUT2D eigenvalue weighted by atomic mass is 32.2. The van der Waals surface area contributed by atoms with Crippen LogP contribution in [0.1, 0.15) is 18.9 Å². The van der Waals surface area contributed by atoms with Gasteiger partial charge in [0.05, 0.1) is 14.2 Å². The lowest BCUT2D eigenvalue weighted by Crippen LogP contribution is -2.34. The lowest BCUT2D eigenvalue weighted by atomic mass is 10.1. The zero-order valence-electron chi connectivity index (χ0n) is 11.9. The van der Waals surface area contributed by atoms with Crippen molar-refractivity contribution in [3.8, 4) is 11.5 Å². The minimum absolute atomic E-state index is 0.671. The molecule has 1 aromatic carbocycles. The maximum atomic E-state index is 5.32. The van der Waals surface area contributed by atoms with Gasteiger partial charge in [-0.25, -0.2) is 0 Å². The summed E-state index contributed by atoms with van der Waals surface area (Å²) < 4.78 is 10.6. The molecule has 19 heavy (non-hydrogen) atoms. The van der Waals surface area contributed by atoms with Crippen molar-refractivity contribution >= 4 is 11.8 Å². The molecule has 4 heteroatoms. The molecule has 2 atom stereocenters. The minimum atomic E-state index is 0.671. The zero-order valence-corrected chi connectivity index (χ0v) is 12.8. The fourth-order valence-corrected chi connectivity index (χ4v) is 3.66. The van der Waals surface area contributed by atoms with Crippen LogP contribution >= 0.6 is 11.8 Å². The number of hydrogen-bond donors (Lipinski definition) is 1. The van der Waals surface area contributed by atoms with E-state index in [0.29, 0.717) is 6.04 Å². The summed E-state index contributed by atoms with van der Waals surface area (Å²) in [5.74, 6) is 2.89. The zero-order chi connectivity index (χ0) is 13.7. The summed E-state index contributed by atoms with van der Waals surface area (Å²) in [6.07, 6.45) is 2.31. The Labute approximate surface area is 120 Å². The molecule has 1 aliphatic rings. The highest BCUT2D eigenvalue weighted by Gasteiger charge is 2.22. The molecule has 1 fully saturated rings. The third-order valence-electron chi connectivity index (χ3n) is 3.64. The summed E-state index contributed by atoms with van der Waals surface area (Å²) in [5, 5.41) is 4.39. The van der Waals surface area contributed by atoms with Crippen LogP contribution in [0.4, 0.5) is 0 Å². The lowest BCUT2D eigenvalue weighted by Gasteiger charge is -2.16. The van der Waals surface area contributed by atoms with Gasteiger partial charge in [-0.1, -0.05) is 13.0 Å². The van der Waals surface area contributed by atoms with E-state index in [0.717, 1.165) is 29.7 Å². The van der Waals surface area contributed by atoms with Crippen LogP contribution in [0.2, 0.25) is 0 Å². The Kier molecular flexibility index (Phi) is 5.40. The number of ether oxygens (including phenoxy) is 2. The Morgan fingerprint density at radius 3 is 2.68 bits per heavy atom. The first-order valence-electron chi connectivity index (χ1n) is 6.80. The summed E-state index contributed by atoms with van der Waals surface area (Å²) >= 11 is 2.06. The minimum Gasteiger partial charge on any atom is -0.493 e. The van der Waals surface area contributed by atoms with E-state index in [1.807, 2.05) is 6.07 Å². The molecule has 1 aromatic rings. The number of hydrogen-bond acceptors (Lipinski definition) is 4. The Balaban J connectivity index is 1.85. The van der Waals surface area contributed by atoms with Crippen molar-refractivity contribution in [2.45, 2.75) is 31.1 Å². The van der Waals surface area contributed by atoms with Crippen LogP contribution in [-0.2, 0) is 6.42 Å². The number of thioether (sulfide) groups is 1. The van der Waals surface area contributed by atoms with E-state index < -0.39 is 0 Å². The molecule has 0 amide bonds. The summed E-state index contributed by atoms with van der Waals surface area (Å²) in [5.41, 5.74) is 1.28. The summed E-state index contributed by atoms with van der Waals surface area (Å²) in [6.45, 7) is 3.33. The van der Waals surface area contributed by atoms with Crippen LogP contribution in [0.3, 0.4) is 0 Å². The highest BCUT2D eigenvalue weighted by Crippen LogP contribution is 2.28. The molecule has 1 N–H and O–H groups in total. The van der Waals surface area contributed by atoms with Crippen LogP contribution < -0.4 is 14.8 Å². The van der Waals surface area contributed by atoms with E-state index in [9.17, 15) is 0 Å². The van der Waals surface area contributed by atoms with E-state index in [-0.39, 0.29) is 0 Å². The quantitative estimate of drug-likeness (QED) is 0.868. The van der Waals surface area contributed by atoms with Gasteiger partial charge in [0.1, 0.15) is 0 Å². The molecule has 1 heterocycles. The molecule has 3 nitrogen and oxygen atoms in total. The van der Waals surface area contributed by atoms with E-state index in [2.05, 4.69) is 36.1 Å².